The van der Waals surface area contributed by atoms with Gasteiger partial charge in [0.1, 0.15) is 5.75 Å². The standard InChI is InChI=1S/C15H11F6NOS/c16-14(17,18)23-11-5-1-9(2-6-11)13(22)10-3-7-12(8-4-10)24-15(19,20)21/h1-8,13H,22H2/t13-/m1/s1. The normalized spacial score (nSPS) is 13.6. The molecule has 0 heterocycles. The highest BCUT2D eigenvalue weighted by molar-refractivity contribution is 8.00. The highest BCUT2D eigenvalue weighted by atomic mass is 32.2. The number of thioether (sulfide) groups is 1. The molecular formula is C15H11F6NOS. The van der Waals surface area contributed by atoms with Crippen LogP contribution < -0.4 is 10.5 Å². The molecule has 2 aromatic rings. The van der Waals surface area contributed by atoms with E-state index in [1.807, 2.05) is 0 Å². The summed E-state index contributed by atoms with van der Waals surface area (Å²) in [5, 5.41) is 0. The lowest BCUT2D eigenvalue weighted by atomic mass is 10.00. The molecular weight excluding hydrogens is 356 g/mol. The van der Waals surface area contributed by atoms with Crippen LogP contribution in [-0.4, -0.2) is 11.9 Å². The van der Waals surface area contributed by atoms with Crippen LogP contribution in [0.2, 0.25) is 0 Å². The zero-order chi connectivity index (χ0) is 18.0. The Bertz CT molecular complexity index is 607. The Balaban J connectivity index is 2.09. The van der Waals surface area contributed by atoms with Gasteiger partial charge in [-0.1, -0.05) is 24.3 Å². The molecule has 0 aliphatic heterocycles. The molecule has 0 saturated carbocycles. The summed E-state index contributed by atoms with van der Waals surface area (Å²) in [6.45, 7) is 0. The highest BCUT2D eigenvalue weighted by Gasteiger charge is 2.31. The lowest BCUT2D eigenvalue weighted by Crippen LogP contribution is -2.17. The van der Waals surface area contributed by atoms with Crippen LogP contribution in [0.15, 0.2) is 53.4 Å². The molecule has 9 heteroatoms. The van der Waals surface area contributed by atoms with Crippen molar-refractivity contribution < 1.29 is 31.1 Å². The second-order valence-electron chi connectivity index (χ2n) is 4.71. The molecule has 0 saturated heterocycles. The van der Waals surface area contributed by atoms with E-state index in [-0.39, 0.29) is 22.4 Å². The van der Waals surface area contributed by atoms with Gasteiger partial charge in [0.25, 0.3) is 0 Å². The first-order valence-corrected chi connectivity index (χ1v) is 7.32. The topological polar surface area (TPSA) is 35.2 Å². The van der Waals surface area contributed by atoms with Gasteiger partial charge in [0.15, 0.2) is 0 Å². The third-order valence-electron chi connectivity index (χ3n) is 2.95. The van der Waals surface area contributed by atoms with Crippen LogP contribution in [0.4, 0.5) is 26.3 Å². The Hall–Kier alpha value is -1.87. The zero-order valence-corrected chi connectivity index (χ0v) is 12.7. The van der Waals surface area contributed by atoms with Crippen molar-refractivity contribution in [3.05, 3.63) is 59.7 Å². The molecule has 2 aromatic carbocycles. The molecule has 0 radical (unpaired) electrons. The summed E-state index contributed by atoms with van der Waals surface area (Å²) in [4.78, 5) is 0.0207. The van der Waals surface area contributed by atoms with Gasteiger partial charge in [-0.25, -0.2) is 0 Å². The maximum atomic E-state index is 12.3. The van der Waals surface area contributed by atoms with Crippen molar-refractivity contribution in [1.29, 1.82) is 0 Å². The van der Waals surface area contributed by atoms with E-state index in [1.165, 1.54) is 36.4 Å². The monoisotopic (exact) mass is 367 g/mol. The molecule has 0 amide bonds. The van der Waals surface area contributed by atoms with E-state index in [2.05, 4.69) is 4.74 Å². The van der Waals surface area contributed by atoms with Crippen LogP contribution in [-0.2, 0) is 0 Å². The van der Waals surface area contributed by atoms with Gasteiger partial charge in [0.2, 0.25) is 0 Å². The number of benzene rings is 2. The molecule has 0 bridgehead atoms. The Kier molecular flexibility index (Phi) is 5.34. The maximum absolute atomic E-state index is 12.3. The van der Waals surface area contributed by atoms with Crippen molar-refractivity contribution in [1.82, 2.24) is 0 Å². The van der Waals surface area contributed by atoms with Crippen molar-refractivity contribution in [2.75, 3.05) is 0 Å². The predicted molar refractivity (Wildman–Crippen MR) is 77.5 cm³/mol. The summed E-state index contributed by atoms with van der Waals surface area (Å²) in [5.74, 6) is -0.379. The SMILES string of the molecule is N[C@H](c1ccc(OC(F)(F)F)cc1)c1ccc(SC(F)(F)F)cc1. The van der Waals surface area contributed by atoms with E-state index < -0.39 is 17.9 Å². The van der Waals surface area contributed by atoms with Gasteiger partial charge in [-0.3, -0.25) is 0 Å². The molecule has 0 aromatic heterocycles. The molecule has 0 fully saturated rings. The van der Waals surface area contributed by atoms with E-state index in [0.717, 1.165) is 12.1 Å². The van der Waals surface area contributed by atoms with E-state index in [9.17, 15) is 26.3 Å². The van der Waals surface area contributed by atoms with Crippen LogP contribution >= 0.6 is 11.8 Å². The van der Waals surface area contributed by atoms with E-state index in [1.54, 1.807) is 0 Å². The number of alkyl halides is 6. The van der Waals surface area contributed by atoms with Crippen molar-refractivity contribution >= 4 is 11.8 Å². The van der Waals surface area contributed by atoms with Crippen molar-refractivity contribution in [3.63, 3.8) is 0 Å². The molecule has 0 aliphatic carbocycles. The summed E-state index contributed by atoms with van der Waals surface area (Å²) < 4.78 is 76.8. The lowest BCUT2D eigenvalue weighted by Gasteiger charge is -2.15. The minimum absolute atomic E-state index is 0.0207. The van der Waals surface area contributed by atoms with Crippen molar-refractivity contribution in [2.24, 2.45) is 5.73 Å². The molecule has 1 atom stereocenters. The van der Waals surface area contributed by atoms with Gasteiger partial charge in [0.05, 0.1) is 6.04 Å². The maximum Gasteiger partial charge on any atom is 0.573 e. The number of halogens is 6. The van der Waals surface area contributed by atoms with E-state index in [4.69, 9.17) is 5.73 Å². The minimum atomic E-state index is -4.78. The third-order valence-corrected chi connectivity index (χ3v) is 3.68. The fourth-order valence-corrected chi connectivity index (χ4v) is 2.49. The smallest absolute Gasteiger partial charge is 0.406 e. The zero-order valence-electron chi connectivity index (χ0n) is 11.9. The van der Waals surface area contributed by atoms with E-state index in [0.29, 0.717) is 11.1 Å². The Morgan fingerprint density at radius 3 is 1.67 bits per heavy atom. The fraction of sp³-hybridized carbons (Fsp3) is 0.200. The number of nitrogens with two attached hydrogens (primary N) is 1. The van der Waals surface area contributed by atoms with Gasteiger partial charge in [0, 0.05) is 4.90 Å². The Morgan fingerprint density at radius 1 is 0.792 bits per heavy atom. The van der Waals surface area contributed by atoms with Gasteiger partial charge in [-0.2, -0.15) is 13.2 Å². The molecule has 130 valence electrons. The van der Waals surface area contributed by atoms with Gasteiger partial charge >= 0.3 is 11.9 Å². The minimum Gasteiger partial charge on any atom is -0.406 e. The third kappa shape index (κ3) is 5.64. The van der Waals surface area contributed by atoms with Gasteiger partial charge < -0.3 is 10.5 Å². The number of hydrogen-bond donors (Lipinski definition) is 1. The lowest BCUT2D eigenvalue weighted by molar-refractivity contribution is -0.274. The quantitative estimate of drug-likeness (QED) is 0.593. The number of rotatable bonds is 4. The summed E-state index contributed by atoms with van der Waals surface area (Å²) in [6.07, 6.45) is -4.78. The second kappa shape index (κ2) is 6.94. The van der Waals surface area contributed by atoms with Crippen molar-refractivity contribution in [3.8, 4) is 5.75 Å². The Labute approximate surface area is 137 Å². The molecule has 24 heavy (non-hydrogen) atoms. The second-order valence-corrected chi connectivity index (χ2v) is 5.85. The highest BCUT2D eigenvalue weighted by Crippen LogP contribution is 2.37. The Morgan fingerprint density at radius 2 is 1.25 bits per heavy atom. The molecule has 0 aliphatic rings. The van der Waals surface area contributed by atoms with Crippen LogP contribution in [0.25, 0.3) is 0 Å². The largest absolute Gasteiger partial charge is 0.573 e. The first-order chi connectivity index (χ1) is 11.0. The summed E-state index contributed by atoms with van der Waals surface area (Å²) in [5.41, 5.74) is 2.64. The number of hydrogen-bond acceptors (Lipinski definition) is 3. The average Bonchev–Trinajstić information content (AvgIpc) is 2.45. The van der Waals surface area contributed by atoms with Crippen molar-refractivity contribution in [2.45, 2.75) is 22.8 Å². The van der Waals surface area contributed by atoms with Crippen LogP contribution in [0.5, 0.6) is 5.75 Å². The molecule has 2 rings (SSSR count). The summed E-state index contributed by atoms with van der Waals surface area (Å²) >= 11 is -0.240. The van der Waals surface area contributed by atoms with Crippen LogP contribution in [0.1, 0.15) is 17.2 Å². The first-order valence-electron chi connectivity index (χ1n) is 6.50. The predicted octanol–water partition coefficient (Wildman–Crippen LogP) is 5.25. The molecule has 0 unspecified atom stereocenters. The van der Waals surface area contributed by atoms with Crippen LogP contribution in [0.3, 0.4) is 0 Å². The fourth-order valence-electron chi connectivity index (χ4n) is 1.95. The number of ether oxygens (including phenoxy) is 1. The summed E-state index contributed by atoms with van der Waals surface area (Å²) in [6, 6.07) is 9.75. The molecule has 2 nitrogen and oxygen atoms in total. The molecule has 2 N–H and O–H groups in total. The van der Waals surface area contributed by atoms with Gasteiger partial charge in [-0.05, 0) is 47.2 Å². The molecule has 0 spiro atoms. The summed E-state index contributed by atoms with van der Waals surface area (Å²) in [7, 11) is 0. The average molecular weight is 367 g/mol. The van der Waals surface area contributed by atoms with Gasteiger partial charge in [-0.15, -0.1) is 13.2 Å². The van der Waals surface area contributed by atoms with E-state index >= 15 is 0 Å². The van der Waals surface area contributed by atoms with Crippen LogP contribution in [0, 0.1) is 0 Å². The first kappa shape index (κ1) is 18.5.